The minimum absolute atomic E-state index is 0.0535. The smallest absolute Gasteiger partial charge is 0.326 e. The van der Waals surface area contributed by atoms with Gasteiger partial charge >= 0.3 is 12.0 Å². The van der Waals surface area contributed by atoms with Crippen LogP contribution in [0.15, 0.2) is 0 Å². The number of β-amino-alcohol motifs (C(OH)–C–C–N with tert-alkyl or cyclic N) is 1. The van der Waals surface area contributed by atoms with Crippen molar-refractivity contribution in [3.63, 3.8) is 0 Å². The minimum atomic E-state index is -1.07. The van der Waals surface area contributed by atoms with Crippen LogP contribution in [-0.4, -0.2) is 76.5 Å². The van der Waals surface area contributed by atoms with Gasteiger partial charge in [0.05, 0.1) is 12.2 Å². The van der Waals surface area contributed by atoms with E-state index < -0.39 is 18.1 Å². The molecule has 0 aliphatic carbocycles. The number of carboxylic acid groups (broad SMARTS) is 1. The maximum atomic E-state index is 12.4. The van der Waals surface area contributed by atoms with E-state index in [4.69, 9.17) is 9.84 Å². The van der Waals surface area contributed by atoms with Crippen LogP contribution in [0.25, 0.3) is 0 Å². The van der Waals surface area contributed by atoms with E-state index in [1.54, 1.807) is 4.90 Å². The highest BCUT2D eigenvalue weighted by Crippen LogP contribution is 2.21. The molecule has 3 unspecified atom stereocenters. The summed E-state index contributed by atoms with van der Waals surface area (Å²) in [5.41, 5.74) is 0. The molecule has 7 nitrogen and oxygen atoms in total. The molecule has 2 fully saturated rings. The standard InChI is InChI=1S/C12H20N2O5/c1-8-6-13(3-2-4-19-8)12(18)14-7-9(15)5-10(14)11(16)17/h8-10,15H,2-7H2,1H3,(H,16,17). The third-order valence-corrected chi connectivity index (χ3v) is 3.53. The zero-order valence-electron chi connectivity index (χ0n) is 11.0. The SMILES string of the molecule is CC1CN(C(=O)N2CC(O)CC2C(=O)O)CCCO1. The van der Waals surface area contributed by atoms with Crippen molar-refractivity contribution in [2.24, 2.45) is 0 Å². The van der Waals surface area contributed by atoms with Crippen LogP contribution in [0.2, 0.25) is 0 Å². The van der Waals surface area contributed by atoms with Crippen LogP contribution in [0.4, 0.5) is 4.79 Å². The van der Waals surface area contributed by atoms with Crippen molar-refractivity contribution in [2.45, 2.75) is 38.0 Å². The third-order valence-electron chi connectivity index (χ3n) is 3.53. The molecule has 0 aromatic carbocycles. The zero-order chi connectivity index (χ0) is 14.0. The van der Waals surface area contributed by atoms with Gasteiger partial charge in [-0.1, -0.05) is 0 Å². The van der Waals surface area contributed by atoms with E-state index in [2.05, 4.69) is 0 Å². The highest BCUT2D eigenvalue weighted by molar-refractivity contribution is 5.83. The highest BCUT2D eigenvalue weighted by Gasteiger charge is 2.40. The molecule has 0 aromatic heterocycles. The second kappa shape index (κ2) is 5.75. The van der Waals surface area contributed by atoms with E-state index in [1.807, 2.05) is 6.92 Å². The van der Waals surface area contributed by atoms with Gasteiger partial charge in [0.25, 0.3) is 0 Å². The van der Waals surface area contributed by atoms with E-state index >= 15 is 0 Å². The van der Waals surface area contributed by atoms with Gasteiger partial charge in [-0.15, -0.1) is 0 Å². The number of aliphatic hydroxyl groups is 1. The van der Waals surface area contributed by atoms with Crippen molar-refractivity contribution in [1.29, 1.82) is 0 Å². The van der Waals surface area contributed by atoms with Crippen LogP contribution in [0.5, 0.6) is 0 Å². The Balaban J connectivity index is 2.06. The summed E-state index contributed by atoms with van der Waals surface area (Å²) in [5, 5.41) is 18.7. The Morgan fingerprint density at radius 2 is 2.05 bits per heavy atom. The van der Waals surface area contributed by atoms with Crippen LogP contribution in [0.3, 0.4) is 0 Å². The van der Waals surface area contributed by atoms with Gasteiger partial charge in [0.1, 0.15) is 6.04 Å². The number of nitrogens with zero attached hydrogens (tertiary/aromatic N) is 2. The number of carboxylic acids is 1. The lowest BCUT2D eigenvalue weighted by Crippen LogP contribution is -2.49. The van der Waals surface area contributed by atoms with Gasteiger partial charge in [-0.05, 0) is 13.3 Å². The van der Waals surface area contributed by atoms with Crippen molar-refractivity contribution in [3.05, 3.63) is 0 Å². The molecule has 2 saturated heterocycles. The summed E-state index contributed by atoms with van der Waals surface area (Å²) in [4.78, 5) is 26.4. The van der Waals surface area contributed by atoms with Gasteiger partial charge in [0, 0.05) is 32.7 Å². The predicted octanol–water partition coefficient (Wildman–Crippen LogP) is -0.263. The fourth-order valence-electron chi connectivity index (χ4n) is 2.61. The lowest BCUT2D eigenvalue weighted by atomic mass is 10.2. The maximum absolute atomic E-state index is 12.4. The number of ether oxygens (including phenoxy) is 1. The largest absolute Gasteiger partial charge is 0.480 e. The normalized spacial score (nSPS) is 32.2. The molecule has 0 aromatic rings. The lowest BCUT2D eigenvalue weighted by Gasteiger charge is -2.30. The average molecular weight is 272 g/mol. The van der Waals surface area contributed by atoms with Crippen LogP contribution >= 0.6 is 0 Å². The van der Waals surface area contributed by atoms with E-state index in [-0.39, 0.29) is 25.1 Å². The number of carbonyl (C=O) groups is 2. The first-order valence-electron chi connectivity index (χ1n) is 6.57. The maximum Gasteiger partial charge on any atom is 0.326 e. The summed E-state index contributed by atoms with van der Waals surface area (Å²) in [6.45, 7) is 3.59. The average Bonchev–Trinajstić information content (AvgIpc) is 2.61. The molecule has 0 saturated carbocycles. The Morgan fingerprint density at radius 1 is 1.32 bits per heavy atom. The van der Waals surface area contributed by atoms with E-state index in [1.165, 1.54) is 4.90 Å². The van der Waals surface area contributed by atoms with Crippen molar-refractivity contribution in [3.8, 4) is 0 Å². The van der Waals surface area contributed by atoms with Crippen LogP contribution in [0, 0.1) is 0 Å². The molecular formula is C12H20N2O5. The number of hydrogen-bond donors (Lipinski definition) is 2. The highest BCUT2D eigenvalue weighted by atomic mass is 16.5. The summed E-state index contributed by atoms with van der Waals surface area (Å²) in [7, 11) is 0. The predicted molar refractivity (Wildman–Crippen MR) is 65.8 cm³/mol. The molecule has 2 aliphatic rings. The topological polar surface area (TPSA) is 90.3 Å². The van der Waals surface area contributed by atoms with Crippen molar-refractivity contribution >= 4 is 12.0 Å². The number of likely N-dealkylation sites (tertiary alicyclic amines) is 1. The number of rotatable bonds is 1. The molecule has 3 atom stereocenters. The monoisotopic (exact) mass is 272 g/mol. The number of aliphatic hydroxyl groups excluding tert-OH is 1. The second-order valence-corrected chi connectivity index (χ2v) is 5.16. The van der Waals surface area contributed by atoms with Crippen LogP contribution in [-0.2, 0) is 9.53 Å². The number of urea groups is 1. The molecule has 2 aliphatic heterocycles. The fourth-order valence-corrected chi connectivity index (χ4v) is 2.61. The van der Waals surface area contributed by atoms with Gasteiger partial charge in [-0.25, -0.2) is 9.59 Å². The molecule has 2 heterocycles. The van der Waals surface area contributed by atoms with Gasteiger partial charge in [-0.3, -0.25) is 0 Å². The summed E-state index contributed by atoms with van der Waals surface area (Å²) in [5.74, 6) is -1.07. The molecule has 0 bridgehead atoms. The summed E-state index contributed by atoms with van der Waals surface area (Å²) in [6, 6.07) is -1.25. The Kier molecular flexibility index (Phi) is 4.26. The Labute approximate surface area is 111 Å². The number of carbonyl (C=O) groups excluding carboxylic acids is 1. The first-order chi connectivity index (χ1) is 8.99. The Morgan fingerprint density at radius 3 is 2.74 bits per heavy atom. The van der Waals surface area contributed by atoms with E-state index in [0.717, 1.165) is 6.42 Å². The molecule has 19 heavy (non-hydrogen) atoms. The molecular weight excluding hydrogens is 252 g/mol. The fraction of sp³-hybridized carbons (Fsp3) is 0.833. The number of amides is 2. The summed E-state index contributed by atoms with van der Waals surface area (Å²) >= 11 is 0. The van der Waals surface area contributed by atoms with Crippen molar-refractivity contribution in [2.75, 3.05) is 26.2 Å². The van der Waals surface area contributed by atoms with Gasteiger partial charge in [0.15, 0.2) is 0 Å². The van der Waals surface area contributed by atoms with Crippen LogP contribution < -0.4 is 0 Å². The van der Waals surface area contributed by atoms with Gasteiger partial charge in [-0.2, -0.15) is 0 Å². The molecule has 2 rings (SSSR count). The third kappa shape index (κ3) is 3.16. The number of hydrogen-bond acceptors (Lipinski definition) is 4. The van der Waals surface area contributed by atoms with Gasteiger partial charge in [0.2, 0.25) is 0 Å². The summed E-state index contributed by atoms with van der Waals surface area (Å²) in [6.07, 6.45) is 0.0264. The number of aliphatic carboxylic acids is 1. The van der Waals surface area contributed by atoms with Crippen molar-refractivity contribution < 1.29 is 24.5 Å². The second-order valence-electron chi connectivity index (χ2n) is 5.16. The van der Waals surface area contributed by atoms with Crippen LogP contribution in [0.1, 0.15) is 19.8 Å². The Bertz CT molecular complexity index is 362. The zero-order valence-corrected chi connectivity index (χ0v) is 11.0. The molecule has 0 spiro atoms. The molecule has 7 heteroatoms. The first kappa shape index (κ1) is 14.1. The molecule has 2 amide bonds. The minimum Gasteiger partial charge on any atom is -0.480 e. The molecule has 0 radical (unpaired) electrons. The van der Waals surface area contributed by atoms with Crippen molar-refractivity contribution in [1.82, 2.24) is 9.80 Å². The quantitative estimate of drug-likeness (QED) is 0.686. The first-order valence-corrected chi connectivity index (χ1v) is 6.57. The molecule has 108 valence electrons. The van der Waals surface area contributed by atoms with E-state index in [0.29, 0.717) is 19.7 Å². The van der Waals surface area contributed by atoms with E-state index in [9.17, 15) is 14.7 Å². The lowest BCUT2D eigenvalue weighted by molar-refractivity contribution is -0.141. The Hall–Kier alpha value is -1.34. The summed E-state index contributed by atoms with van der Waals surface area (Å²) < 4.78 is 5.46. The van der Waals surface area contributed by atoms with Gasteiger partial charge < -0.3 is 24.7 Å². The molecule has 2 N–H and O–H groups in total.